The van der Waals surface area contributed by atoms with Crippen LogP contribution in [0.4, 0.5) is 4.39 Å². The SMILES string of the molecule is O=C(CCc1ccc(F)cc1)NCc1ccc2c(c1)OCO2. The molecule has 1 heterocycles. The van der Waals surface area contributed by atoms with Crippen LogP contribution in [0.3, 0.4) is 0 Å². The minimum absolute atomic E-state index is 0.0398. The molecule has 0 saturated carbocycles. The molecule has 0 unspecified atom stereocenters. The van der Waals surface area contributed by atoms with Gasteiger partial charge >= 0.3 is 0 Å². The molecule has 5 heteroatoms. The summed E-state index contributed by atoms with van der Waals surface area (Å²) in [6, 6.07) is 11.8. The predicted octanol–water partition coefficient (Wildman–Crippen LogP) is 2.80. The van der Waals surface area contributed by atoms with Crippen molar-refractivity contribution in [2.45, 2.75) is 19.4 Å². The molecular formula is C17H16FNO3. The second-order valence-corrected chi connectivity index (χ2v) is 5.09. The molecule has 114 valence electrons. The first-order chi connectivity index (χ1) is 10.7. The molecule has 0 fully saturated rings. The monoisotopic (exact) mass is 301 g/mol. The average Bonchev–Trinajstić information content (AvgIpc) is 3.00. The van der Waals surface area contributed by atoms with Gasteiger partial charge in [-0.1, -0.05) is 18.2 Å². The summed E-state index contributed by atoms with van der Waals surface area (Å²) >= 11 is 0. The van der Waals surface area contributed by atoms with E-state index in [2.05, 4.69) is 5.32 Å². The van der Waals surface area contributed by atoms with Crippen LogP contribution in [0.2, 0.25) is 0 Å². The van der Waals surface area contributed by atoms with Gasteiger partial charge in [-0.25, -0.2) is 4.39 Å². The largest absolute Gasteiger partial charge is 0.454 e. The molecule has 4 nitrogen and oxygen atoms in total. The van der Waals surface area contributed by atoms with Gasteiger partial charge < -0.3 is 14.8 Å². The first-order valence-electron chi connectivity index (χ1n) is 7.10. The van der Waals surface area contributed by atoms with Gasteiger partial charge in [0.15, 0.2) is 11.5 Å². The fourth-order valence-electron chi connectivity index (χ4n) is 2.25. The van der Waals surface area contributed by atoms with Crippen LogP contribution in [-0.2, 0) is 17.8 Å². The number of amides is 1. The second kappa shape index (κ2) is 6.47. The van der Waals surface area contributed by atoms with Gasteiger partial charge in [-0.2, -0.15) is 0 Å². The van der Waals surface area contributed by atoms with Crippen LogP contribution in [0.1, 0.15) is 17.5 Å². The predicted molar refractivity (Wildman–Crippen MR) is 79.1 cm³/mol. The van der Waals surface area contributed by atoms with Crippen LogP contribution in [0.5, 0.6) is 11.5 Å². The summed E-state index contributed by atoms with van der Waals surface area (Å²) < 4.78 is 23.3. The van der Waals surface area contributed by atoms with E-state index in [-0.39, 0.29) is 18.5 Å². The summed E-state index contributed by atoms with van der Waals surface area (Å²) in [6.07, 6.45) is 0.962. The molecule has 0 bridgehead atoms. The number of fused-ring (bicyclic) bond motifs is 1. The van der Waals surface area contributed by atoms with Crippen molar-refractivity contribution in [3.05, 3.63) is 59.4 Å². The number of rotatable bonds is 5. The lowest BCUT2D eigenvalue weighted by molar-refractivity contribution is -0.121. The van der Waals surface area contributed by atoms with E-state index < -0.39 is 0 Å². The number of halogens is 1. The molecule has 0 aromatic heterocycles. The first kappa shape index (κ1) is 14.4. The van der Waals surface area contributed by atoms with E-state index in [0.29, 0.717) is 25.1 Å². The smallest absolute Gasteiger partial charge is 0.231 e. The Morgan fingerprint density at radius 1 is 1.05 bits per heavy atom. The normalized spacial score (nSPS) is 12.2. The minimum atomic E-state index is -0.268. The fraction of sp³-hybridized carbons (Fsp3) is 0.235. The highest BCUT2D eigenvalue weighted by Crippen LogP contribution is 2.32. The highest BCUT2D eigenvalue weighted by Gasteiger charge is 2.13. The van der Waals surface area contributed by atoms with Gasteiger partial charge in [-0.15, -0.1) is 0 Å². The number of hydrogen-bond donors (Lipinski definition) is 1. The number of aryl methyl sites for hydroxylation is 1. The van der Waals surface area contributed by atoms with E-state index in [0.717, 1.165) is 16.9 Å². The van der Waals surface area contributed by atoms with Gasteiger partial charge in [0.25, 0.3) is 0 Å². The Morgan fingerprint density at radius 2 is 1.77 bits per heavy atom. The molecule has 0 saturated heterocycles. The maximum Gasteiger partial charge on any atom is 0.231 e. The van der Waals surface area contributed by atoms with Crippen molar-refractivity contribution in [3.8, 4) is 11.5 Å². The maximum atomic E-state index is 12.8. The van der Waals surface area contributed by atoms with Crippen molar-refractivity contribution in [1.82, 2.24) is 5.32 Å². The Bertz CT molecular complexity index is 670. The number of nitrogens with one attached hydrogen (secondary N) is 1. The summed E-state index contributed by atoms with van der Waals surface area (Å²) in [5.41, 5.74) is 1.90. The quantitative estimate of drug-likeness (QED) is 0.924. The molecule has 1 amide bonds. The standard InChI is InChI=1S/C17H16FNO3/c18-14-5-1-12(2-6-14)4-8-17(20)19-10-13-3-7-15-16(9-13)22-11-21-15/h1-3,5-7,9H,4,8,10-11H2,(H,19,20). The molecule has 0 spiro atoms. The number of carbonyl (C=O) groups excluding carboxylic acids is 1. The van der Waals surface area contributed by atoms with Crippen molar-refractivity contribution in [1.29, 1.82) is 0 Å². The van der Waals surface area contributed by atoms with Crippen LogP contribution in [-0.4, -0.2) is 12.7 Å². The van der Waals surface area contributed by atoms with Crippen LogP contribution in [0.25, 0.3) is 0 Å². The van der Waals surface area contributed by atoms with E-state index >= 15 is 0 Å². The summed E-state index contributed by atoms with van der Waals surface area (Å²) in [7, 11) is 0. The van der Waals surface area contributed by atoms with E-state index in [1.165, 1.54) is 12.1 Å². The molecule has 1 aliphatic rings. The summed E-state index contributed by atoms with van der Waals surface area (Å²) in [4.78, 5) is 11.8. The molecule has 1 aliphatic heterocycles. The van der Waals surface area contributed by atoms with E-state index in [1.54, 1.807) is 12.1 Å². The third-order valence-corrected chi connectivity index (χ3v) is 3.48. The third kappa shape index (κ3) is 3.55. The summed E-state index contributed by atoms with van der Waals surface area (Å²) in [6.45, 7) is 0.682. The van der Waals surface area contributed by atoms with Gasteiger partial charge in [0.1, 0.15) is 5.82 Å². The fourth-order valence-corrected chi connectivity index (χ4v) is 2.25. The van der Waals surface area contributed by atoms with E-state index in [4.69, 9.17) is 9.47 Å². The Kier molecular flexibility index (Phi) is 4.23. The van der Waals surface area contributed by atoms with Crippen molar-refractivity contribution in [3.63, 3.8) is 0 Å². The topological polar surface area (TPSA) is 47.6 Å². The number of benzene rings is 2. The summed E-state index contributed by atoms with van der Waals surface area (Å²) in [5, 5.41) is 2.86. The zero-order valence-corrected chi connectivity index (χ0v) is 12.0. The van der Waals surface area contributed by atoms with Crippen LogP contribution < -0.4 is 14.8 Å². The third-order valence-electron chi connectivity index (χ3n) is 3.48. The molecule has 2 aromatic rings. The lowest BCUT2D eigenvalue weighted by Gasteiger charge is -2.06. The van der Waals surface area contributed by atoms with Crippen LogP contribution in [0, 0.1) is 5.82 Å². The Labute approximate surface area is 127 Å². The van der Waals surface area contributed by atoms with Crippen molar-refractivity contribution in [2.75, 3.05) is 6.79 Å². The molecule has 22 heavy (non-hydrogen) atoms. The number of ether oxygens (including phenoxy) is 2. The van der Waals surface area contributed by atoms with E-state index in [9.17, 15) is 9.18 Å². The summed E-state index contributed by atoms with van der Waals surface area (Å²) in [5.74, 6) is 1.13. The lowest BCUT2D eigenvalue weighted by atomic mass is 10.1. The van der Waals surface area contributed by atoms with Gasteiger partial charge in [0.05, 0.1) is 0 Å². The zero-order valence-electron chi connectivity index (χ0n) is 12.0. The maximum absolute atomic E-state index is 12.8. The second-order valence-electron chi connectivity index (χ2n) is 5.09. The van der Waals surface area contributed by atoms with Crippen LogP contribution in [0.15, 0.2) is 42.5 Å². The Morgan fingerprint density at radius 3 is 2.59 bits per heavy atom. The molecule has 0 atom stereocenters. The van der Waals surface area contributed by atoms with Gasteiger partial charge in [0.2, 0.25) is 12.7 Å². The van der Waals surface area contributed by atoms with Crippen molar-refractivity contribution < 1.29 is 18.7 Å². The van der Waals surface area contributed by atoms with Crippen molar-refractivity contribution >= 4 is 5.91 Å². The molecule has 1 N–H and O–H groups in total. The molecule has 2 aromatic carbocycles. The van der Waals surface area contributed by atoms with Gasteiger partial charge in [-0.05, 0) is 41.8 Å². The van der Waals surface area contributed by atoms with Crippen molar-refractivity contribution in [2.24, 2.45) is 0 Å². The van der Waals surface area contributed by atoms with Crippen LogP contribution >= 0.6 is 0 Å². The highest BCUT2D eigenvalue weighted by molar-refractivity contribution is 5.76. The molecular weight excluding hydrogens is 285 g/mol. The van der Waals surface area contributed by atoms with Gasteiger partial charge in [0, 0.05) is 13.0 Å². The zero-order chi connectivity index (χ0) is 15.4. The van der Waals surface area contributed by atoms with E-state index in [1.807, 2.05) is 18.2 Å². The minimum Gasteiger partial charge on any atom is -0.454 e. The highest BCUT2D eigenvalue weighted by atomic mass is 19.1. The number of hydrogen-bond acceptors (Lipinski definition) is 3. The van der Waals surface area contributed by atoms with Gasteiger partial charge in [-0.3, -0.25) is 4.79 Å². The Hall–Kier alpha value is -2.56. The molecule has 3 rings (SSSR count). The molecule has 0 radical (unpaired) electrons. The number of carbonyl (C=O) groups is 1. The Balaban J connectivity index is 1.47. The first-order valence-corrected chi connectivity index (χ1v) is 7.10. The molecule has 0 aliphatic carbocycles. The lowest BCUT2D eigenvalue weighted by Crippen LogP contribution is -2.22. The average molecular weight is 301 g/mol.